The Morgan fingerprint density at radius 3 is 2.41 bits per heavy atom. The van der Waals surface area contributed by atoms with Gasteiger partial charge in [-0.1, -0.05) is 24.3 Å². The molecule has 0 unspecified atom stereocenters. The van der Waals surface area contributed by atoms with Gasteiger partial charge in [-0.15, -0.1) is 0 Å². The molecular formula is C28H38N2OS. The molecule has 4 fully saturated rings. The van der Waals surface area contributed by atoms with Crippen molar-refractivity contribution in [2.24, 2.45) is 23.2 Å². The number of unbranched alkanes of at least 4 members (excludes halogenated alkanes) is 1. The summed E-state index contributed by atoms with van der Waals surface area (Å²) in [4.78, 5) is 3.97. The summed E-state index contributed by atoms with van der Waals surface area (Å²) in [5, 5.41) is 2.81. The lowest BCUT2D eigenvalue weighted by Gasteiger charge is -2.59. The molecule has 4 bridgehead atoms. The predicted octanol–water partition coefficient (Wildman–Crippen LogP) is 6.61. The van der Waals surface area contributed by atoms with Crippen molar-refractivity contribution in [1.82, 2.24) is 4.90 Å². The molecule has 0 radical (unpaired) electrons. The fourth-order valence-electron chi connectivity index (χ4n) is 8.01. The number of ether oxygens (including phenoxy) is 1. The summed E-state index contributed by atoms with van der Waals surface area (Å²) in [6.07, 6.45) is 11.7. The number of methoxy groups -OCH3 is 1. The normalized spacial score (nSPS) is 31.2. The van der Waals surface area contributed by atoms with Gasteiger partial charge in [0.05, 0.1) is 11.8 Å². The minimum absolute atomic E-state index is 0.419. The van der Waals surface area contributed by atoms with E-state index in [0.29, 0.717) is 11.5 Å². The van der Waals surface area contributed by atoms with Crippen molar-refractivity contribution in [3.05, 3.63) is 36.4 Å². The summed E-state index contributed by atoms with van der Waals surface area (Å²) in [6, 6.07) is 13.4. The molecule has 1 atom stereocenters. The molecule has 7 rings (SSSR count). The van der Waals surface area contributed by atoms with Gasteiger partial charge in [-0.25, -0.2) is 0 Å². The topological polar surface area (TPSA) is 15.7 Å². The Morgan fingerprint density at radius 1 is 1.03 bits per heavy atom. The van der Waals surface area contributed by atoms with Gasteiger partial charge in [0.15, 0.2) is 0 Å². The lowest BCUT2D eigenvalue weighted by Crippen LogP contribution is -2.54. The average Bonchev–Trinajstić information content (AvgIpc) is 3.14. The second-order valence-corrected chi connectivity index (χ2v) is 12.4. The van der Waals surface area contributed by atoms with E-state index in [9.17, 15) is 0 Å². The Balaban J connectivity index is 1.01. The highest BCUT2D eigenvalue weighted by Crippen LogP contribution is 2.61. The van der Waals surface area contributed by atoms with E-state index in [1.807, 2.05) is 19.1 Å². The van der Waals surface area contributed by atoms with Gasteiger partial charge < -0.3 is 13.9 Å². The van der Waals surface area contributed by atoms with Crippen LogP contribution in [0.15, 0.2) is 41.3 Å². The van der Waals surface area contributed by atoms with Gasteiger partial charge in [-0.3, -0.25) is 0 Å². The van der Waals surface area contributed by atoms with E-state index >= 15 is 0 Å². The van der Waals surface area contributed by atoms with Crippen molar-refractivity contribution >= 4 is 28.4 Å². The Bertz CT molecular complexity index is 935. The molecule has 0 amide bonds. The quantitative estimate of drug-likeness (QED) is 0.315. The van der Waals surface area contributed by atoms with Crippen LogP contribution in [0.5, 0.6) is 0 Å². The van der Waals surface area contributed by atoms with Gasteiger partial charge in [0.25, 0.3) is 0 Å². The molecule has 2 aromatic rings. The second kappa shape index (κ2) is 8.52. The fourth-order valence-corrected chi connectivity index (χ4v) is 9.17. The predicted molar refractivity (Wildman–Crippen MR) is 135 cm³/mol. The van der Waals surface area contributed by atoms with Crippen LogP contribution in [0, 0.1) is 23.2 Å². The Labute approximate surface area is 198 Å². The Morgan fingerprint density at radius 2 is 1.72 bits per heavy atom. The second-order valence-electron chi connectivity index (χ2n) is 11.3. The Hall–Kier alpha value is -1.23. The molecule has 0 spiro atoms. The van der Waals surface area contributed by atoms with E-state index in [2.05, 4.69) is 52.7 Å². The van der Waals surface area contributed by atoms with E-state index in [0.717, 1.165) is 30.8 Å². The van der Waals surface area contributed by atoms with Crippen molar-refractivity contribution in [3.63, 3.8) is 0 Å². The first-order valence-electron chi connectivity index (χ1n) is 12.8. The maximum atomic E-state index is 6.21. The third-order valence-corrected chi connectivity index (χ3v) is 10.1. The molecule has 0 aromatic heterocycles. The van der Waals surface area contributed by atoms with E-state index in [4.69, 9.17) is 4.74 Å². The van der Waals surface area contributed by atoms with E-state index in [1.165, 1.54) is 79.3 Å². The molecule has 4 aliphatic carbocycles. The first-order valence-corrected chi connectivity index (χ1v) is 13.6. The van der Waals surface area contributed by atoms with Crippen LogP contribution >= 0.6 is 11.9 Å². The summed E-state index contributed by atoms with van der Waals surface area (Å²) < 4.78 is 8.71. The molecule has 32 heavy (non-hydrogen) atoms. The van der Waals surface area contributed by atoms with Crippen molar-refractivity contribution in [2.75, 3.05) is 38.1 Å². The van der Waals surface area contributed by atoms with Crippen LogP contribution in [0.3, 0.4) is 0 Å². The molecule has 1 aliphatic heterocycles. The van der Waals surface area contributed by atoms with Gasteiger partial charge in [0.2, 0.25) is 0 Å². The number of hydrogen-bond acceptors (Lipinski definition) is 4. The van der Waals surface area contributed by atoms with Crippen LogP contribution in [-0.2, 0) is 4.74 Å². The fraction of sp³-hybridized carbons (Fsp3) is 0.643. The monoisotopic (exact) mass is 450 g/mol. The van der Waals surface area contributed by atoms with Gasteiger partial charge in [-0.05, 0) is 118 Å². The molecule has 5 aliphatic rings. The SMILES string of the molecule is CO[C@@H](CN(C)CCCCN1Sc2cccc3cccc1c23)C12CC3CC(CC(C3)C1)C2. The third-order valence-electron chi connectivity index (χ3n) is 9.00. The van der Waals surface area contributed by atoms with Crippen molar-refractivity contribution in [1.29, 1.82) is 0 Å². The highest BCUT2D eigenvalue weighted by atomic mass is 32.2. The van der Waals surface area contributed by atoms with Crippen LogP contribution in [0.25, 0.3) is 10.8 Å². The lowest BCUT2D eigenvalue weighted by molar-refractivity contribution is -0.137. The highest BCUT2D eigenvalue weighted by molar-refractivity contribution is 8.01. The molecule has 0 N–H and O–H groups in total. The number of anilines is 1. The van der Waals surface area contributed by atoms with E-state index in [-0.39, 0.29) is 0 Å². The molecule has 1 heterocycles. The minimum Gasteiger partial charge on any atom is -0.380 e. The summed E-state index contributed by atoms with van der Waals surface area (Å²) in [5.74, 6) is 2.99. The first kappa shape index (κ1) is 21.3. The zero-order valence-electron chi connectivity index (χ0n) is 19.8. The van der Waals surface area contributed by atoms with Crippen LogP contribution in [0.1, 0.15) is 51.4 Å². The molecule has 4 saturated carbocycles. The zero-order chi connectivity index (χ0) is 21.7. The van der Waals surface area contributed by atoms with Crippen molar-refractivity contribution in [3.8, 4) is 0 Å². The molecule has 2 aromatic carbocycles. The largest absolute Gasteiger partial charge is 0.380 e. The minimum atomic E-state index is 0.419. The van der Waals surface area contributed by atoms with Crippen molar-refractivity contribution in [2.45, 2.75) is 62.4 Å². The van der Waals surface area contributed by atoms with E-state index < -0.39 is 0 Å². The Kier molecular flexibility index (Phi) is 5.68. The highest BCUT2D eigenvalue weighted by Gasteiger charge is 2.54. The van der Waals surface area contributed by atoms with Crippen LogP contribution in [0.4, 0.5) is 5.69 Å². The maximum absolute atomic E-state index is 6.21. The lowest BCUT2D eigenvalue weighted by atomic mass is 9.48. The number of nitrogens with zero attached hydrogens (tertiary/aromatic N) is 2. The molecule has 3 nitrogen and oxygen atoms in total. The summed E-state index contributed by atoms with van der Waals surface area (Å²) in [6.45, 7) is 3.39. The van der Waals surface area contributed by atoms with Gasteiger partial charge in [0, 0.05) is 30.5 Å². The maximum Gasteiger partial charge on any atom is 0.0754 e. The summed E-state index contributed by atoms with van der Waals surface area (Å²) in [7, 11) is 4.29. The van der Waals surface area contributed by atoms with Crippen LogP contribution in [-0.4, -0.2) is 44.8 Å². The van der Waals surface area contributed by atoms with E-state index in [1.54, 1.807) is 0 Å². The summed E-state index contributed by atoms with van der Waals surface area (Å²) in [5.41, 5.74) is 1.88. The number of rotatable bonds is 9. The van der Waals surface area contributed by atoms with Crippen LogP contribution in [0.2, 0.25) is 0 Å². The molecule has 172 valence electrons. The number of hydrogen-bond donors (Lipinski definition) is 0. The molecule has 0 saturated heterocycles. The molecular weight excluding hydrogens is 412 g/mol. The smallest absolute Gasteiger partial charge is 0.0754 e. The number of likely N-dealkylation sites (N-methyl/N-ethyl adjacent to an activating group) is 1. The first-order chi connectivity index (χ1) is 15.6. The zero-order valence-corrected chi connectivity index (χ0v) is 20.6. The van der Waals surface area contributed by atoms with Crippen LogP contribution < -0.4 is 4.31 Å². The van der Waals surface area contributed by atoms with Gasteiger partial charge in [0.1, 0.15) is 0 Å². The van der Waals surface area contributed by atoms with Gasteiger partial charge >= 0.3 is 0 Å². The number of benzene rings is 2. The molecule has 4 heteroatoms. The summed E-state index contributed by atoms with van der Waals surface area (Å²) >= 11 is 1.92. The standard InChI is InChI=1S/C28H38N2OS/c1-29(19-26(31-2)28-16-20-13-21(17-28)15-22(14-20)18-28)11-3-4-12-30-24-9-5-7-23-8-6-10-25(32-30)27(23)24/h5-10,20-22,26H,3-4,11-19H2,1-2H3/t20?,21?,22?,26-,28?/m0/s1. The van der Waals surface area contributed by atoms with Gasteiger partial charge in [-0.2, -0.15) is 0 Å². The van der Waals surface area contributed by atoms with Crippen molar-refractivity contribution < 1.29 is 4.74 Å². The third kappa shape index (κ3) is 3.76. The average molecular weight is 451 g/mol.